The van der Waals surface area contributed by atoms with E-state index < -0.39 is 12.2 Å². The number of amides is 1. The van der Waals surface area contributed by atoms with Crippen molar-refractivity contribution in [2.75, 3.05) is 13.1 Å². The molecule has 20 heavy (non-hydrogen) atoms. The maximum Gasteiger partial charge on any atom is 0.272 e. The largest absolute Gasteiger partial charge is 0.388 e. The number of imidazole rings is 1. The van der Waals surface area contributed by atoms with Gasteiger partial charge in [-0.25, -0.2) is 4.98 Å². The van der Waals surface area contributed by atoms with E-state index >= 15 is 0 Å². The van der Waals surface area contributed by atoms with Crippen molar-refractivity contribution >= 4 is 5.91 Å². The van der Waals surface area contributed by atoms with Crippen molar-refractivity contribution in [2.45, 2.75) is 12.2 Å². The van der Waals surface area contributed by atoms with Gasteiger partial charge in [0.15, 0.2) is 0 Å². The molecule has 6 heteroatoms. The zero-order valence-corrected chi connectivity index (χ0v) is 10.8. The smallest absolute Gasteiger partial charge is 0.272 e. The number of likely N-dealkylation sites (tertiary alicyclic amines) is 1. The summed E-state index contributed by atoms with van der Waals surface area (Å²) >= 11 is 0. The van der Waals surface area contributed by atoms with Gasteiger partial charge in [0.05, 0.1) is 24.7 Å². The lowest BCUT2D eigenvalue weighted by Gasteiger charge is -2.16. The fraction of sp³-hybridized carbons (Fsp3) is 0.286. The Morgan fingerprint density at radius 1 is 1.15 bits per heavy atom. The van der Waals surface area contributed by atoms with Crippen molar-refractivity contribution in [3.63, 3.8) is 0 Å². The third kappa shape index (κ3) is 2.19. The minimum Gasteiger partial charge on any atom is -0.388 e. The van der Waals surface area contributed by atoms with E-state index in [0.29, 0.717) is 5.69 Å². The first-order valence-corrected chi connectivity index (χ1v) is 6.40. The highest BCUT2D eigenvalue weighted by atomic mass is 16.3. The number of rotatable bonds is 2. The van der Waals surface area contributed by atoms with Gasteiger partial charge in [-0.15, -0.1) is 0 Å². The molecule has 2 aromatic rings. The van der Waals surface area contributed by atoms with Crippen LogP contribution in [0.4, 0.5) is 0 Å². The fourth-order valence-corrected chi connectivity index (χ4v) is 2.34. The Balaban J connectivity index is 1.89. The van der Waals surface area contributed by atoms with Crippen LogP contribution in [0.5, 0.6) is 0 Å². The van der Waals surface area contributed by atoms with Gasteiger partial charge in [0.25, 0.3) is 5.91 Å². The molecule has 1 aromatic carbocycles. The van der Waals surface area contributed by atoms with Gasteiger partial charge in [-0.2, -0.15) is 0 Å². The quantitative estimate of drug-likeness (QED) is 0.810. The van der Waals surface area contributed by atoms with E-state index in [1.54, 1.807) is 10.9 Å². The lowest BCUT2D eigenvalue weighted by molar-refractivity contribution is 0.0572. The lowest BCUT2D eigenvalue weighted by Crippen LogP contribution is -2.31. The molecule has 1 saturated heterocycles. The summed E-state index contributed by atoms with van der Waals surface area (Å²) in [6.45, 7) is 0.278. The Hall–Kier alpha value is -2.18. The van der Waals surface area contributed by atoms with Crippen LogP contribution in [0.3, 0.4) is 0 Å². The summed E-state index contributed by atoms with van der Waals surface area (Å²) < 4.78 is 1.69. The first-order chi connectivity index (χ1) is 9.66. The number of carbonyl (C=O) groups is 1. The number of aliphatic hydroxyl groups excluding tert-OH is 2. The molecule has 2 N–H and O–H groups in total. The summed E-state index contributed by atoms with van der Waals surface area (Å²) in [7, 11) is 0. The molecule has 1 aromatic heterocycles. The molecule has 1 aliphatic heterocycles. The fourth-order valence-electron chi connectivity index (χ4n) is 2.34. The first kappa shape index (κ1) is 12.8. The minimum absolute atomic E-state index is 0.139. The molecule has 0 unspecified atom stereocenters. The van der Waals surface area contributed by atoms with Gasteiger partial charge in [0.2, 0.25) is 0 Å². The molecule has 3 rings (SSSR count). The zero-order chi connectivity index (χ0) is 14.1. The number of para-hydroxylation sites is 1. The van der Waals surface area contributed by atoms with Gasteiger partial charge in [-0.3, -0.25) is 9.36 Å². The second-order valence-electron chi connectivity index (χ2n) is 4.83. The SMILES string of the molecule is O=C(c1cncn1-c1ccccc1)N1C[C@@H](O)[C@@H](O)C1. The molecule has 0 bridgehead atoms. The number of hydrogen-bond acceptors (Lipinski definition) is 4. The Kier molecular flexibility index (Phi) is 3.25. The van der Waals surface area contributed by atoms with Crippen molar-refractivity contribution in [1.82, 2.24) is 14.5 Å². The monoisotopic (exact) mass is 273 g/mol. The van der Waals surface area contributed by atoms with E-state index in [1.165, 1.54) is 11.1 Å². The molecule has 0 aliphatic carbocycles. The minimum atomic E-state index is -0.882. The summed E-state index contributed by atoms with van der Waals surface area (Å²) in [6.07, 6.45) is 1.30. The van der Waals surface area contributed by atoms with Crippen LogP contribution in [0, 0.1) is 0 Å². The van der Waals surface area contributed by atoms with E-state index in [4.69, 9.17) is 0 Å². The molecule has 104 valence electrons. The standard InChI is InChI=1S/C14H15N3O3/c18-12-7-16(8-13(12)19)14(20)11-6-15-9-17(11)10-4-2-1-3-5-10/h1-6,9,12-13,18-19H,7-8H2/t12-,13+. The summed E-state index contributed by atoms with van der Waals surface area (Å²) in [6, 6.07) is 9.42. The number of hydrogen-bond donors (Lipinski definition) is 2. The highest BCUT2D eigenvalue weighted by Crippen LogP contribution is 2.17. The van der Waals surface area contributed by atoms with Crippen LogP contribution < -0.4 is 0 Å². The number of carbonyl (C=O) groups excluding carboxylic acids is 1. The van der Waals surface area contributed by atoms with E-state index in [1.807, 2.05) is 30.3 Å². The Morgan fingerprint density at radius 2 is 1.80 bits per heavy atom. The highest BCUT2D eigenvalue weighted by molar-refractivity contribution is 5.93. The van der Waals surface area contributed by atoms with Gasteiger partial charge < -0.3 is 15.1 Å². The topological polar surface area (TPSA) is 78.6 Å². The molecule has 0 saturated carbocycles. The lowest BCUT2D eigenvalue weighted by atomic mass is 10.3. The number of benzene rings is 1. The summed E-state index contributed by atoms with van der Waals surface area (Å²) in [4.78, 5) is 17.9. The van der Waals surface area contributed by atoms with Crippen LogP contribution >= 0.6 is 0 Å². The maximum atomic E-state index is 12.4. The molecule has 2 heterocycles. The molecule has 1 amide bonds. The average Bonchev–Trinajstić information content (AvgIpc) is 3.07. The zero-order valence-electron chi connectivity index (χ0n) is 10.8. The number of aromatic nitrogens is 2. The second-order valence-corrected chi connectivity index (χ2v) is 4.83. The van der Waals surface area contributed by atoms with Gasteiger partial charge >= 0.3 is 0 Å². The summed E-state index contributed by atoms with van der Waals surface area (Å²) in [5.41, 5.74) is 1.26. The van der Waals surface area contributed by atoms with Crippen molar-refractivity contribution in [3.05, 3.63) is 48.5 Å². The van der Waals surface area contributed by atoms with E-state index in [-0.39, 0.29) is 19.0 Å². The van der Waals surface area contributed by atoms with Crippen LogP contribution in [0.25, 0.3) is 5.69 Å². The molecule has 2 atom stereocenters. The number of aliphatic hydroxyl groups is 2. The highest BCUT2D eigenvalue weighted by Gasteiger charge is 2.34. The average molecular weight is 273 g/mol. The van der Waals surface area contributed by atoms with Crippen molar-refractivity contribution < 1.29 is 15.0 Å². The Labute approximate surface area is 115 Å². The van der Waals surface area contributed by atoms with Gasteiger partial charge in [-0.05, 0) is 12.1 Å². The van der Waals surface area contributed by atoms with E-state index in [2.05, 4.69) is 4.98 Å². The normalized spacial score (nSPS) is 22.2. The van der Waals surface area contributed by atoms with Crippen LogP contribution in [0.2, 0.25) is 0 Å². The van der Waals surface area contributed by atoms with Crippen LogP contribution in [-0.2, 0) is 0 Å². The molecule has 6 nitrogen and oxygen atoms in total. The van der Waals surface area contributed by atoms with Crippen molar-refractivity contribution in [1.29, 1.82) is 0 Å². The molecular formula is C14H15N3O3. The van der Waals surface area contributed by atoms with E-state index in [9.17, 15) is 15.0 Å². The third-order valence-electron chi connectivity index (χ3n) is 3.44. The van der Waals surface area contributed by atoms with E-state index in [0.717, 1.165) is 5.69 Å². The predicted molar refractivity (Wildman–Crippen MR) is 71.5 cm³/mol. The molecule has 0 spiro atoms. The van der Waals surface area contributed by atoms with Gasteiger partial charge in [0, 0.05) is 18.8 Å². The van der Waals surface area contributed by atoms with Crippen LogP contribution in [0.1, 0.15) is 10.5 Å². The summed E-state index contributed by atoms with van der Waals surface area (Å²) in [5.74, 6) is -0.248. The Bertz CT molecular complexity index is 601. The summed E-state index contributed by atoms with van der Waals surface area (Å²) in [5, 5.41) is 19.1. The maximum absolute atomic E-state index is 12.4. The van der Waals surface area contributed by atoms with Gasteiger partial charge in [-0.1, -0.05) is 18.2 Å². The van der Waals surface area contributed by atoms with Crippen molar-refractivity contribution in [3.8, 4) is 5.69 Å². The number of β-amino-alcohol motifs (C(OH)–C–C–N with tert-alkyl or cyclic N) is 2. The number of nitrogens with zero attached hydrogens (tertiary/aromatic N) is 3. The molecule has 0 radical (unpaired) electrons. The first-order valence-electron chi connectivity index (χ1n) is 6.40. The predicted octanol–water partition coefficient (Wildman–Crippen LogP) is 0.0499. The Morgan fingerprint density at radius 3 is 2.45 bits per heavy atom. The molecule has 1 aliphatic rings. The third-order valence-corrected chi connectivity index (χ3v) is 3.44. The molecular weight excluding hydrogens is 258 g/mol. The van der Waals surface area contributed by atoms with Crippen molar-refractivity contribution in [2.24, 2.45) is 0 Å². The second kappa shape index (κ2) is 5.07. The molecule has 1 fully saturated rings. The van der Waals surface area contributed by atoms with Crippen LogP contribution in [-0.4, -0.2) is 55.9 Å². The van der Waals surface area contributed by atoms with Gasteiger partial charge in [0.1, 0.15) is 5.69 Å². The van der Waals surface area contributed by atoms with Crippen LogP contribution in [0.15, 0.2) is 42.9 Å².